The van der Waals surface area contributed by atoms with Crippen molar-refractivity contribution in [1.82, 2.24) is 10.2 Å². The summed E-state index contributed by atoms with van der Waals surface area (Å²) in [5, 5.41) is 12.6. The molecule has 7 heteroatoms. The van der Waals surface area contributed by atoms with Crippen molar-refractivity contribution in [3.8, 4) is 0 Å². The lowest BCUT2D eigenvalue weighted by atomic mass is 9.87. The second-order valence-corrected chi connectivity index (χ2v) is 7.29. The molecule has 0 radical (unpaired) electrons. The quantitative estimate of drug-likeness (QED) is 0.828. The normalized spacial score (nSPS) is 25.3. The van der Waals surface area contributed by atoms with Crippen molar-refractivity contribution in [2.45, 2.75) is 37.8 Å². The molecule has 1 aliphatic carbocycles. The minimum atomic E-state index is -0.994. The number of nitrogens with zero attached hydrogens (tertiary/aromatic N) is 1. The zero-order chi connectivity index (χ0) is 18.7. The van der Waals surface area contributed by atoms with Gasteiger partial charge in [0.25, 0.3) is 5.91 Å². The highest BCUT2D eigenvalue weighted by atomic mass is 19.1. The Balaban J connectivity index is 1.78. The van der Waals surface area contributed by atoms with Crippen LogP contribution < -0.4 is 5.32 Å². The fraction of sp³-hybridized carbons (Fsp3) is 0.579. The van der Waals surface area contributed by atoms with E-state index in [1.807, 2.05) is 0 Å². The first-order valence-electron chi connectivity index (χ1n) is 8.98. The summed E-state index contributed by atoms with van der Waals surface area (Å²) in [7, 11) is 1.55. The molecule has 1 aliphatic heterocycles. The Kier molecular flexibility index (Phi) is 5.58. The zero-order valence-electron chi connectivity index (χ0n) is 14.9. The van der Waals surface area contributed by atoms with Crippen molar-refractivity contribution < 1.29 is 23.8 Å². The van der Waals surface area contributed by atoms with Crippen LogP contribution in [0.25, 0.3) is 0 Å². The number of carbonyl (C=O) groups excluding carboxylic acids is 2. The number of carbonyl (C=O) groups is 2. The van der Waals surface area contributed by atoms with E-state index >= 15 is 0 Å². The summed E-state index contributed by atoms with van der Waals surface area (Å²) in [6, 6.07) is 5.26. The second kappa shape index (κ2) is 7.72. The predicted molar refractivity (Wildman–Crippen MR) is 92.6 cm³/mol. The topological polar surface area (TPSA) is 78.9 Å². The van der Waals surface area contributed by atoms with E-state index in [9.17, 15) is 19.1 Å². The lowest BCUT2D eigenvalue weighted by Gasteiger charge is -2.39. The molecule has 1 heterocycles. The van der Waals surface area contributed by atoms with E-state index in [-0.39, 0.29) is 30.1 Å². The molecular weight excluding hydrogens is 339 g/mol. The van der Waals surface area contributed by atoms with Gasteiger partial charge in [-0.2, -0.15) is 0 Å². The number of likely N-dealkylation sites (N-methyl/N-ethyl adjacent to an activating group) is 1. The maximum absolute atomic E-state index is 14.3. The summed E-state index contributed by atoms with van der Waals surface area (Å²) in [5.74, 6) is -1.18. The number of morpholine rings is 1. The highest BCUT2D eigenvalue weighted by molar-refractivity contribution is 5.86. The van der Waals surface area contributed by atoms with Gasteiger partial charge in [0.15, 0.2) is 6.10 Å². The first kappa shape index (κ1) is 18.8. The number of aliphatic hydroxyl groups is 1. The number of rotatable bonds is 5. The third-order valence-corrected chi connectivity index (χ3v) is 5.60. The zero-order valence-corrected chi connectivity index (χ0v) is 14.9. The van der Waals surface area contributed by atoms with Crippen LogP contribution in [0.15, 0.2) is 24.3 Å². The molecule has 142 valence electrons. The van der Waals surface area contributed by atoms with Gasteiger partial charge < -0.3 is 20.1 Å². The maximum Gasteiger partial charge on any atom is 0.251 e. The number of aliphatic hydroxyl groups excluding tert-OH is 1. The number of benzene rings is 1. The van der Waals surface area contributed by atoms with Crippen molar-refractivity contribution in [3.05, 3.63) is 35.6 Å². The Labute approximate surface area is 152 Å². The molecule has 1 aromatic rings. The number of ether oxygens (including phenoxy) is 1. The van der Waals surface area contributed by atoms with Gasteiger partial charge in [0.1, 0.15) is 12.4 Å². The van der Waals surface area contributed by atoms with E-state index in [1.54, 1.807) is 25.2 Å². The molecule has 6 nitrogen and oxygen atoms in total. The van der Waals surface area contributed by atoms with Crippen molar-refractivity contribution in [1.29, 1.82) is 0 Å². The van der Waals surface area contributed by atoms with Gasteiger partial charge in [0.05, 0.1) is 12.6 Å². The van der Waals surface area contributed by atoms with Gasteiger partial charge in [-0.3, -0.25) is 9.59 Å². The minimum Gasteiger partial charge on any atom is -0.396 e. The van der Waals surface area contributed by atoms with Gasteiger partial charge in [-0.1, -0.05) is 31.0 Å². The van der Waals surface area contributed by atoms with Gasteiger partial charge in [0.2, 0.25) is 5.91 Å². The summed E-state index contributed by atoms with van der Waals surface area (Å²) in [4.78, 5) is 26.2. The highest BCUT2D eigenvalue weighted by Gasteiger charge is 2.42. The largest absolute Gasteiger partial charge is 0.396 e. The average Bonchev–Trinajstić information content (AvgIpc) is 3.12. The lowest BCUT2D eigenvalue weighted by molar-refractivity contribution is -0.162. The molecular formula is C19H25FN2O4. The SMILES string of the molecule is CN1C(=O)COC(C(=O)NCC2(CO)CCCC2)C1c1ccccc1F. The fourth-order valence-corrected chi connectivity index (χ4v) is 3.91. The van der Waals surface area contributed by atoms with Gasteiger partial charge in [-0.05, 0) is 18.9 Å². The summed E-state index contributed by atoms with van der Waals surface area (Å²) < 4.78 is 19.8. The summed E-state index contributed by atoms with van der Waals surface area (Å²) in [6.07, 6.45) is 2.80. The van der Waals surface area contributed by atoms with Crippen LogP contribution in [0.3, 0.4) is 0 Å². The standard InChI is InChI=1S/C19H25FN2O4/c1-22-15(24)10-26-17(16(22)13-6-2-3-7-14(13)20)18(25)21-11-19(12-23)8-4-5-9-19/h2-3,6-7,16-17,23H,4-5,8-12H2,1H3,(H,21,25). The first-order valence-corrected chi connectivity index (χ1v) is 8.98. The second-order valence-electron chi connectivity index (χ2n) is 7.29. The Morgan fingerprint density at radius 1 is 1.38 bits per heavy atom. The Hall–Kier alpha value is -1.99. The van der Waals surface area contributed by atoms with Crippen molar-refractivity contribution in [2.24, 2.45) is 5.41 Å². The molecule has 2 fully saturated rings. The van der Waals surface area contributed by atoms with Gasteiger partial charge >= 0.3 is 0 Å². The number of hydrogen-bond acceptors (Lipinski definition) is 4. The smallest absolute Gasteiger partial charge is 0.251 e. The van der Waals surface area contributed by atoms with E-state index in [4.69, 9.17) is 4.74 Å². The van der Waals surface area contributed by atoms with E-state index in [0.29, 0.717) is 6.54 Å². The van der Waals surface area contributed by atoms with Crippen molar-refractivity contribution in [3.63, 3.8) is 0 Å². The van der Waals surface area contributed by atoms with E-state index in [0.717, 1.165) is 25.7 Å². The summed E-state index contributed by atoms with van der Waals surface area (Å²) >= 11 is 0. The van der Waals surface area contributed by atoms with E-state index in [2.05, 4.69) is 5.32 Å². The third-order valence-electron chi connectivity index (χ3n) is 5.60. The van der Waals surface area contributed by atoms with Crippen LogP contribution in [-0.2, 0) is 14.3 Å². The van der Waals surface area contributed by atoms with Crippen molar-refractivity contribution in [2.75, 3.05) is 26.8 Å². The van der Waals surface area contributed by atoms with Crippen molar-refractivity contribution >= 4 is 11.8 Å². The Bertz CT molecular complexity index is 675. The number of hydrogen-bond donors (Lipinski definition) is 2. The lowest BCUT2D eigenvalue weighted by Crippen LogP contribution is -2.54. The molecule has 1 saturated carbocycles. The van der Waals surface area contributed by atoms with Crippen LogP contribution in [0.5, 0.6) is 0 Å². The molecule has 0 aromatic heterocycles. The van der Waals surface area contributed by atoms with E-state index < -0.39 is 23.9 Å². The van der Waals surface area contributed by atoms with Crippen LogP contribution in [0.1, 0.15) is 37.3 Å². The summed E-state index contributed by atoms with van der Waals surface area (Å²) in [6.45, 7) is 0.155. The average molecular weight is 364 g/mol. The predicted octanol–water partition coefficient (Wildman–Crippen LogP) is 1.39. The number of halogens is 1. The van der Waals surface area contributed by atoms with Crippen LogP contribution in [0.2, 0.25) is 0 Å². The molecule has 1 saturated heterocycles. The minimum absolute atomic E-state index is 0.0218. The van der Waals surface area contributed by atoms with Gasteiger partial charge in [-0.25, -0.2) is 4.39 Å². The molecule has 0 bridgehead atoms. The molecule has 26 heavy (non-hydrogen) atoms. The Morgan fingerprint density at radius 2 is 2.08 bits per heavy atom. The molecule has 3 rings (SSSR count). The number of nitrogens with one attached hydrogen (secondary N) is 1. The highest BCUT2D eigenvalue weighted by Crippen LogP contribution is 2.37. The molecule has 0 spiro atoms. The fourth-order valence-electron chi connectivity index (χ4n) is 3.91. The number of amides is 2. The molecule has 2 aliphatic rings. The van der Waals surface area contributed by atoms with Gasteiger partial charge in [-0.15, -0.1) is 0 Å². The van der Waals surface area contributed by atoms with Crippen LogP contribution in [0.4, 0.5) is 4.39 Å². The van der Waals surface area contributed by atoms with Crippen LogP contribution >= 0.6 is 0 Å². The monoisotopic (exact) mass is 364 g/mol. The van der Waals surface area contributed by atoms with E-state index in [1.165, 1.54) is 11.0 Å². The molecule has 2 unspecified atom stereocenters. The summed E-state index contributed by atoms with van der Waals surface area (Å²) in [5.41, 5.74) is -0.0413. The molecule has 2 N–H and O–H groups in total. The van der Waals surface area contributed by atoms with Crippen LogP contribution in [0, 0.1) is 11.2 Å². The first-order chi connectivity index (χ1) is 12.5. The van der Waals surface area contributed by atoms with Crippen LogP contribution in [-0.4, -0.2) is 54.7 Å². The Morgan fingerprint density at radius 3 is 2.73 bits per heavy atom. The van der Waals surface area contributed by atoms with Gasteiger partial charge in [0, 0.05) is 24.6 Å². The molecule has 2 atom stereocenters. The maximum atomic E-state index is 14.3. The molecule has 2 amide bonds. The molecule has 1 aromatic carbocycles. The third kappa shape index (κ3) is 3.59.